The molecule has 0 fully saturated rings. The smallest absolute Gasteiger partial charge is 0.222 e. The molecule has 3 rings (SSSR count). The third-order valence-corrected chi connectivity index (χ3v) is 2.95. The summed E-state index contributed by atoms with van der Waals surface area (Å²) in [7, 11) is 0. The molecule has 4 nitrogen and oxygen atoms in total. The van der Waals surface area contributed by atoms with Gasteiger partial charge in [-0.25, -0.2) is 9.97 Å². The number of ether oxygens (including phenoxy) is 1. The molecule has 0 saturated carbocycles. The molecule has 3 aromatic rings. The number of aromatic nitrogens is 2. The van der Waals surface area contributed by atoms with E-state index in [1.165, 1.54) is 6.33 Å². The van der Waals surface area contributed by atoms with Crippen molar-refractivity contribution in [2.24, 2.45) is 0 Å². The van der Waals surface area contributed by atoms with Gasteiger partial charge in [-0.05, 0) is 24.3 Å². The van der Waals surface area contributed by atoms with Crippen molar-refractivity contribution in [3.8, 4) is 22.9 Å². The molecule has 21 heavy (non-hydrogen) atoms. The minimum atomic E-state index is 0.461. The Hall–Kier alpha value is -3.01. The summed E-state index contributed by atoms with van der Waals surface area (Å²) in [6.45, 7) is 0. The van der Waals surface area contributed by atoms with Crippen LogP contribution in [0, 0.1) is 0 Å². The van der Waals surface area contributed by atoms with Crippen LogP contribution in [-0.2, 0) is 0 Å². The van der Waals surface area contributed by atoms with E-state index >= 15 is 0 Å². The van der Waals surface area contributed by atoms with Gasteiger partial charge in [-0.15, -0.1) is 0 Å². The second kappa shape index (κ2) is 5.96. The lowest BCUT2D eigenvalue weighted by atomic mass is 10.1. The molecule has 0 aliphatic carbocycles. The van der Waals surface area contributed by atoms with Gasteiger partial charge < -0.3 is 4.74 Å². The molecular formula is C17H12N2O2. The van der Waals surface area contributed by atoms with E-state index in [9.17, 15) is 4.79 Å². The maximum atomic E-state index is 10.6. The Morgan fingerprint density at radius 2 is 1.67 bits per heavy atom. The van der Waals surface area contributed by atoms with Gasteiger partial charge in [-0.3, -0.25) is 4.79 Å². The van der Waals surface area contributed by atoms with E-state index in [1.54, 1.807) is 30.3 Å². The number of hydrogen-bond donors (Lipinski definition) is 0. The van der Waals surface area contributed by atoms with Crippen molar-refractivity contribution < 1.29 is 9.53 Å². The van der Waals surface area contributed by atoms with Gasteiger partial charge in [0.25, 0.3) is 0 Å². The van der Waals surface area contributed by atoms with Crippen molar-refractivity contribution >= 4 is 6.29 Å². The molecule has 102 valence electrons. The van der Waals surface area contributed by atoms with Gasteiger partial charge in [-0.1, -0.05) is 30.3 Å². The second-order valence-corrected chi connectivity index (χ2v) is 4.40. The van der Waals surface area contributed by atoms with E-state index in [0.29, 0.717) is 17.2 Å². The van der Waals surface area contributed by atoms with Crippen LogP contribution in [-0.4, -0.2) is 16.3 Å². The standard InChI is InChI=1S/C17H12N2O2/c20-11-13-6-8-15(9-7-13)21-17-10-16(18-12-19-17)14-4-2-1-3-5-14/h1-12H. The molecule has 0 bridgehead atoms. The van der Waals surface area contributed by atoms with Crippen LogP contribution in [0.5, 0.6) is 11.6 Å². The van der Waals surface area contributed by atoms with Crippen molar-refractivity contribution in [3.05, 3.63) is 72.6 Å². The summed E-state index contributed by atoms with van der Waals surface area (Å²) in [5.41, 5.74) is 2.40. The van der Waals surface area contributed by atoms with Gasteiger partial charge in [-0.2, -0.15) is 0 Å². The van der Waals surface area contributed by atoms with Crippen molar-refractivity contribution in [1.29, 1.82) is 0 Å². The minimum absolute atomic E-state index is 0.461. The minimum Gasteiger partial charge on any atom is -0.439 e. The highest BCUT2D eigenvalue weighted by Gasteiger charge is 2.03. The number of nitrogens with zero attached hydrogens (tertiary/aromatic N) is 2. The largest absolute Gasteiger partial charge is 0.439 e. The zero-order valence-electron chi connectivity index (χ0n) is 11.1. The molecule has 1 heterocycles. The average Bonchev–Trinajstić information content (AvgIpc) is 2.57. The highest BCUT2D eigenvalue weighted by molar-refractivity contribution is 5.74. The zero-order chi connectivity index (χ0) is 14.5. The van der Waals surface area contributed by atoms with Gasteiger partial charge in [0.15, 0.2) is 0 Å². The SMILES string of the molecule is O=Cc1ccc(Oc2cc(-c3ccccc3)ncn2)cc1. The summed E-state index contributed by atoms with van der Waals surface area (Å²) < 4.78 is 5.67. The molecular weight excluding hydrogens is 264 g/mol. The number of carbonyl (C=O) groups excluding carboxylic acids is 1. The fourth-order valence-corrected chi connectivity index (χ4v) is 1.90. The highest BCUT2D eigenvalue weighted by atomic mass is 16.5. The number of carbonyl (C=O) groups is 1. The van der Waals surface area contributed by atoms with Crippen LogP contribution in [0.4, 0.5) is 0 Å². The first kappa shape index (κ1) is 13.0. The Bertz CT molecular complexity index is 740. The summed E-state index contributed by atoms with van der Waals surface area (Å²) in [4.78, 5) is 19.0. The predicted molar refractivity (Wildman–Crippen MR) is 79.4 cm³/mol. The normalized spacial score (nSPS) is 10.1. The summed E-state index contributed by atoms with van der Waals surface area (Å²) in [6, 6.07) is 18.5. The quantitative estimate of drug-likeness (QED) is 0.681. The zero-order valence-corrected chi connectivity index (χ0v) is 11.1. The maximum Gasteiger partial charge on any atom is 0.222 e. The first-order chi connectivity index (χ1) is 10.3. The van der Waals surface area contributed by atoms with E-state index in [-0.39, 0.29) is 0 Å². The molecule has 0 amide bonds. The summed E-state index contributed by atoms with van der Waals surface area (Å²) in [5, 5.41) is 0. The van der Waals surface area contributed by atoms with Gasteiger partial charge in [0.05, 0.1) is 5.69 Å². The van der Waals surface area contributed by atoms with E-state index in [0.717, 1.165) is 17.5 Å². The van der Waals surface area contributed by atoms with Crippen LogP contribution in [0.15, 0.2) is 67.0 Å². The number of aldehydes is 1. The van der Waals surface area contributed by atoms with Crippen LogP contribution < -0.4 is 4.74 Å². The molecule has 1 aromatic heterocycles. The number of hydrogen-bond acceptors (Lipinski definition) is 4. The molecule has 0 N–H and O–H groups in total. The van der Waals surface area contributed by atoms with E-state index < -0.39 is 0 Å². The molecule has 0 aliphatic heterocycles. The fraction of sp³-hybridized carbons (Fsp3) is 0. The molecule has 2 aromatic carbocycles. The Labute approximate surface area is 122 Å². The Kier molecular flexibility index (Phi) is 3.69. The monoisotopic (exact) mass is 276 g/mol. The van der Waals surface area contributed by atoms with Gasteiger partial charge in [0, 0.05) is 17.2 Å². The molecule has 0 unspecified atom stereocenters. The molecule has 0 atom stereocenters. The third kappa shape index (κ3) is 3.12. The summed E-state index contributed by atoms with van der Waals surface area (Å²) in [5.74, 6) is 1.08. The summed E-state index contributed by atoms with van der Waals surface area (Å²) >= 11 is 0. The first-order valence-corrected chi connectivity index (χ1v) is 6.46. The van der Waals surface area contributed by atoms with E-state index in [4.69, 9.17) is 4.74 Å². The van der Waals surface area contributed by atoms with Crippen LogP contribution in [0.3, 0.4) is 0 Å². The first-order valence-electron chi connectivity index (χ1n) is 6.46. The third-order valence-electron chi connectivity index (χ3n) is 2.95. The lowest BCUT2D eigenvalue weighted by Crippen LogP contribution is -1.91. The van der Waals surface area contributed by atoms with E-state index in [1.807, 2.05) is 30.3 Å². The molecule has 0 radical (unpaired) electrons. The molecule has 0 aliphatic rings. The Morgan fingerprint density at radius 3 is 2.38 bits per heavy atom. The van der Waals surface area contributed by atoms with Gasteiger partial charge in [0.2, 0.25) is 5.88 Å². The highest BCUT2D eigenvalue weighted by Crippen LogP contribution is 2.23. The van der Waals surface area contributed by atoms with Crippen molar-refractivity contribution in [2.45, 2.75) is 0 Å². The van der Waals surface area contributed by atoms with Crippen LogP contribution in [0.2, 0.25) is 0 Å². The molecule has 4 heteroatoms. The van der Waals surface area contributed by atoms with E-state index in [2.05, 4.69) is 9.97 Å². The predicted octanol–water partition coefficient (Wildman–Crippen LogP) is 3.75. The number of rotatable bonds is 4. The maximum absolute atomic E-state index is 10.6. The average molecular weight is 276 g/mol. The fourth-order valence-electron chi connectivity index (χ4n) is 1.90. The lowest BCUT2D eigenvalue weighted by Gasteiger charge is -2.06. The molecule has 0 saturated heterocycles. The van der Waals surface area contributed by atoms with Crippen LogP contribution >= 0.6 is 0 Å². The van der Waals surface area contributed by atoms with Crippen LogP contribution in [0.25, 0.3) is 11.3 Å². The van der Waals surface area contributed by atoms with Gasteiger partial charge in [0.1, 0.15) is 18.4 Å². The Morgan fingerprint density at radius 1 is 0.905 bits per heavy atom. The lowest BCUT2D eigenvalue weighted by molar-refractivity contribution is 0.112. The van der Waals surface area contributed by atoms with Gasteiger partial charge >= 0.3 is 0 Å². The topological polar surface area (TPSA) is 52.1 Å². The van der Waals surface area contributed by atoms with Crippen molar-refractivity contribution in [1.82, 2.24) is 9.97 Å². The summed E-state index contributed by atoms with van der Waals surface area (Å²) in [6.07, 6.45) is 2.26. The van der Waals surface area contributed by atoms with Crippen LogP contribution in [0.1, 0.15) is 10.4 Å². The molecule has 0 spiro atoms. The number of benzene rings is 2. The van der Waals surface area contributed by atoms with Crippen molar-refractivity contribution in [2.75, 3.05) is 0 Å². The second-order valence-electron chi connectivity index (χ2n) is 4.40. The Balaban J connectivity index is 1.84. The van der Waals surface area contributed by atoms with Crippen molar-refractivity contribution in [3.63, 3.8) is 0 Å².